The molecule has 0 heterocycles. The molecule has 4 N–H and O–H groups in total. The quantitative estimate of drug-likeness (QED) is 0.671. The first-order chi connectivity index (χ1) is 5.82. The van der Waals surface area contributed by atoms with Gasteiger partial charge >= 0.3 is 6.09 Å². The zero-order chi connectivity index (χ0) is 10.3. The fourth-order valence-electron chi connectivity index (χ4n) is 1.96. The van der Waals surface area contributed by atoms with E-state index in [1.165, 1.54) is 0 Å². The molecule has 1 fully saturated rings. The molecule has 0 aromatic carbocycles. The van der Waals surface area contributed by atoms with Crippen LogP contribution in [0.5, 0.6) is 0 Å². The second-order valence-corrected chi connectivity index (χ2v) is 4.81. The molecule has 1 saturated carbocycles. The summed E-state index contributed by atoms with van der Waals surface area (Å²) in [7, 11) is 0. The maximum Gasteiger partial charge on any atom is 0.405 e. The van der Waals surface area contributed by atoms with Gasteiger partial charge in [0.15, 0.2) is 0 Å². The van der Waals surface area contributed by atoms with Crippen LogP contribution in [0.3, 0.4) is 0 Å². The fraction of sp³-hybridized carbons (Fsp3) is 0.889. The Kier molecular flexibility index (Phi) is 2.28. The Bertz CT molecular complexity index is 222. The highest BCUT2D eigenvalue weighted by molar-refractivity contribution is 5.65. The van der Waals surface area contributed by atoms with Gasteiger partial charge < -0.3 is 16.2 Å². The molecule has 0 aromatic rings. The van der Waals surface area contributed by atoms with E-state index in [0.717, 1.165) is 6.42 Å². The van der Waals surface area contributed by atoms with Gasteiger partial charge in [-0.05, 0) is 11.8 Å². The van der Waals surface area contributed by atoms with Crippen LogP contribution in [0, 0.1) is 11.3 Å². The van der Waals surface area contributed by atoms with Crippen molar-refractivity contribution in [2.24, 2.45) is 22.8 Å². The zero-order valence-corrected chi connectivity index (χ0v) is 8.46. The summed E-state index contributed by atoms with van der Waals surface area (Å²) in [4.78, 5) is 10.6. The molecule has 0 aromatic heterocycles. The molecule has 76 valence electrons. The topological polar surface area (TPSA) is 78.3 Å². The lowest BCUT2D eigenvalue weighted by Gasteiger charge is -2.23. The lowest BCUT2D eigenvalue weighted by atomic mass is 9.88. The first-order valence-electron chi connectivity index (χ1n) is 4.50. The molecule has 2 unspecified atom stereocenters. The van der Waals surface area contributed by atoms with Crippen LogP contribution in [-0.2, 0) is 4.74 Å². The Labute approximate surface area is 78.6 Å². The highest BCUT2D eigenvalue weighted by atomic mass is 16.6. The van der Waals surface area contributed by atoms with Crippen LogP contribution in [-0.4, -0.2) is 18.2 Å². The normalized spacial score (nSPS) is 32.8. The summed E-state index contributed by atoms with van der Waals surface area (Å²) >= 11 is 0. The summed E-state index contributed by atoms with van der Waals surface area (Å²) in [5, 5.41) is 0. The van der Waals surface area contributed by atoms with Crippen molar-refractivity contribution >= 4 is 6.09 Å². The van der Waals surface area contributed by atoms with E-state index in [1.54, 1.807) is 0 Å². The minimum absolute atomic E-state index is 0.120. The van der Waals surface area contributed by atoms with Crippen LogP contribution in [0.4, 0.5) is 4.79 Å². The van der Waals surface area contributed by atoms with Crippen molar-refractivity contribution in [1.29, 1.82) is 0 Å². The first kappa shape index (κ1) is 10.3. The zero-order valence-electron chi connectivity index (χ0n) is 8.46. The van der Waals surface area contributed by atoms with Gasteiger partial charge in [0, 0.05) is 12.5 Å². The smallest absolute Gasteiger partial charge is 0.405 e. The predicted octanol–water partition coefficient (Wildman–Crippen LogP) is 0.845. The van der Waals surface area contributed by atoms with Gasteiger partial charge in [0.2, 0.25) is 0 Å². The van der Waals surface area contributed by atoms with Crippen LogP contribution < -0.4 is 11.5 Å². The molecular formula is C9H18N2O2. The summed E-state index contributed by atoms with van der Waals surface area (Å²) in [6.07, 6.45) is 0.104. The molecular weight excluding hydrogens is 168 g/mol. The van der Waals surface area contributed by atoms with E-state index in [4.69, 9.17) is 16.2 Å². The second kappa shape index (κ2) is 2.87. The molecule has 0 bridgehead atoms. The Balaban J connectivity index is 2.64. The minimum Gasteiger partial charge on any atom is -0.441 e. The van der Waals surface area contributed by atoms with Crippen LogP contribution >= 0.6 is 0 Å². The summed E-state index contributed by atoms with van der Waals surface area (Å²) in [6, 6.07) is 0. The van der Waals surface area contributed by atoms with Gasteiger partial charge in [0.1, 0.15) is 5.60 Å². The van der Waals surface area contributed by atoms with E-state index >= 15 is 0 Å². The largest absolute Gasteiger partial charge is 0.441 e. The SMILES string of the molecule is CC(C)(C)C1CC1(CN)OC(N)=O. The Morgan fingerprint density at radius 3 is 2.38 bits per heavy atom. The Morgan fingerprint density at radius 2 is 2.15 bits per heavy atom. The molecule has 1 amide bonds. The van der Waals surface area contributed by atoms with E-state index < -0.39 is 11.7 Å². The van der Waals surface area contributed by atoms with E-state index in [-0.39, 0.29) is 5.41 Å². The summed E-state index contributed by atoms with van der Waals surface area (Å²) in [6.45, 7) is 6.69. The maximum atomic E-state index is 10.6. The minimum atomic E-state index is -0.725. The predicted molar refractivity (Wildman–Crippen MR) is 50.0 cm³/mol. The average molecular weight is 186 g/mol. The van der Waals surface area contributed by atoms with Crippen molar-refractivity contribution in [3.8, 4) is 0 Å². The molecule has 13 heavy (non-hydrogen) atoms. The molecule has 0 radical (unpaired) electrons. The molecule has 4 nitrogen and oxygen atoms in total. The maximum absolute atomic E-state index is 10.6. The summed E-state index contributed by atoms with van der Waals surface area (Å²) in [5.74, 6) is 0.331. The van der Waals surface area contributed by atoms with E-state index in [9.17, 15) is 4.79 Å². The number of ether oxygens (including phenoxy) is 1. The van der Waals surface area contributed by atoms with E-state index in [1.807, 2.05) is 0 Å². The third-order valence-electron chi connectivity index (χ3n) is 2.72. The highest BCUT2D eigenvalue weighted by Crippen LogP contribution is 2.55. The molecule has 1 aliphatic carbocycles. The van der Waals surface area contributed by atoms with Crippen molar-refractivity contribution in [2.75, 3.05) is 6.54 Å². The number of rotatable bonds is 2. The van der Waals surface area contributed by atoms with Crippen LogP contribution in [0.25, 0.3) is 0 Å². The molecule has 1 aliphatic rings. The fourth-order valence-corrected chi connectivity index (χ4v) is 1.96. The lowest BCUT2D eigenvalue weighted by Crippen LogP contribution is -2.35. The van der Waals surface area contributed by atoms with Crippen molar-refractivity contribution in [2.45, 2.75) is 32.8 Å². The summed E-state index contributed by atoms with van der Waals surface area (Å²) in [5.41, 5.74) is 10.2. The van der Waals surface area contributed by atoms with Crippen molar-refractivity contribution in [3.05, 3.63) is 0 Å². The molecule has 1 rings (SSSR count). The molecule has 0 spiro atoms. The summed E-state index contributed by atoms with van der Waals surface area (Å²) < 4.78 is 5.05. The molecule has 0 saturated heterocycles. The second-order valence-electron chi connectivity index (χ2n) is 4.81. The van der Waals surface area contributed by atoms with Gasteiger partial charge in [0.25, 0.3) is 0 Å². The number of carbonyl (C=O) groups excluding carboxylic acids is 1. The standard InChI is InChI=1S/C9H18N2O2/c1-8(2,3)6-4-9(6,5-10)13-7(11)12/h6H,4-5,10H2,1-3H3,(H2,11,12). The molecule has 2 atom stereocenters. The number of primary amides is 1. The van der Waals surface area contributed by atoms with Gasteiger partial charge in [-0.25, -0.2) is 4.79 Å². The Hall–Kier alpha value is -0.770. The number of amides is 1. The van der Waals surface area contributed by atoms with Crippen molar-refractivity contribution in [3.63, 3.8) is 0 Å². The molecule has 0 aliphatic heterocycles. The van der Waals surface area contributed by atoms with Crippen molar-refractivity contribution < 1.29 is 9.53 Å². The lowest BCUT2D eigenvalue weighted by molar-refractivity contribution is 0.0694. The van der Waals surface area contributed by atoms with Gasteiger partial charge in [-0.3, -0.25) is 0 Å². The van der Waals surface area contributed by atoms with Gasteiger partial charge in [-0.2, -0.15) is 0 Å². The third-order valence-corrected chi connectivity index (χ3v) is 2.72. The number of hydrogen-bond donors (Lipinski definition) is 2. The number of hydrogen-bond acceptors (Lipinski definition) is 3. The monoisotopic (exact) mass is 186 g/mol. The van der Waals surface area contributed by atoms with E-state index in [0.29, 0.717) is 12.5 Å². The number of carbonyl (C=O) groups is 1. The van der Waals surface area contributed by atoms with Crippen LogP contribution in [0.1, 0.15) is 27.2 Å². The third kappa shape index (κ3) is 1.94. The number of nitrogens with two attached hydrogens (primary N) is 2. The van der Waals surface area contributed by atoms with Gasteiger partial charge in [-0.1, -0.05) is 20.8 Å². The first-order valence-corrected chi connectivity index (χ1v) is 4.50. The Morgan fingerprint density at radius 1 is 1.62 bits per heavy atom. The van der Waals surface area contributed by atoms with Gasteiger partial charge in [0.05, 0.1) is 0 Å². The van der Waals surface area contributed by atoms with Crippen LogP contribution in [0.2, 0.25) is 0 Å². The molecule has 4 heteroatoms. The average Bonchev–Trinajstić information content (AvgIpc) is 2.62. The van der Waals surface area contributed by atoms with Crippen LogP contribution in [0.15, 0.2) is 0 Å². The van der Waals surface area contributed by atoms with Crippen molar-refractivity contribution in [1.82, 2.24) is 0 Å². The van der Waals surface area contributed by atoms with E-state index in [2.05, 4.69) is 20.8 Å². The van der Waals surface area contributed by atoms with Gasteiger partial charge in [-0.15, -0.1) is 0 Å². The highest BCUT2D eigenvalue weighted by Gasteiger charge is 2.61.